The van der Waals surface area contributed by atoms with Crippen LogP contribution in [0, 0.1) is 42.5 Å². The Balaban J connectivity index is 0.000000171. The zero-order valence-corrected chi connectivity index (χ0v) is 93.6. The number of rotatable bonds is 11. The molecule has 5 radical (unpaired) electrons. The van der Waals surface area contributed by atoms with Crippen molar-refractivity contribution in [1.29, 1.82) is 0 Å². The van der Waals surface area contributed by atoms with Crippen molar-refractivity contribution in [2.24, 2.45) is 0 Å². The van der Waals surface area contributed by atoms with Crippen LogP contribution in [-0.2, 0) is 110 Å². The third-order valence-corrected chi connectivity index (χ3v) is 22.2. The molecular weight excluding hydrogens is 2760 g/mol. The topological polar surface area (TPSA) is 254 Å². The summed E-state index contributed by atoms with van der Waals surface area (Å²) in [6.45, 7) is 7.17. The Labute approximate surface area is 935 Å². The average molecular weight is 2850 g/mol. The third-order valence-electron chi connectivity index (χ3n) is 21.4. The van der Waals surface area contributed by atoms with Gasteiger partial charge in [-0.05, 0) is 162 Å². The summed E-state index contributed by atoms with van der Waals surface area (Å²) in [4.78, 5) is 76.8. The number of thiophene rings is 1. The van der Waals surface area contributed by atoms with Crippen LogP contribution in [0.25, 0.3) is 176 Å². The predicted molar refractivity (Wildman–Crippen MR) is 582 cm³/mol. The van der Waals surface area contributed by atoms with E-state index in [1.165, 1.54) is 85.2 Å². The minimum absolute atomic E-state index is 0. The Morgan fingerprint density at radius 3 is 1.26 bits per heavy atom. The maximum atomic E-state index is 11.2. The minimum atomic E-state index is -0.171. The zero-order chi connectivity index (χ0) is 100.0. The number of pyridine rings is 7. The number of fused-ring (bicyclic) bond motifs is 10. The number of aliphatic hydroxyl groups is 3. The maximum Gasteiger partial charge on any atom is 0.189 e. The first-order chi connectivity index (χ1) is 70.5. The monoisotopic (exact) mass is 2850 g/mol. The van der Waals surface area contributed by atoms with Crippen molar-refractivity contribution in [3.63, 3.8) is 0 Å². The fourth-order valence-electron chi connectivity index (χ4n) is 14.9. The van der Waals surface area contributed by atoms with Gasteiger partial charge in [0.25, 0.3) is 0 Å². The van der Waals surface area contributed by atoms with E-state index in [-0.39, 0.29) is 135 Å². The van der Waals surface area contributed by atoms with E-state index in [1.54, 1.807) is 72.8 Å². The molecule has 23 heteroatoms. The molecule has 0 aliphatic rings. The van der Waals surface area contributed by atoms with E-state index < -0.39 is 0 Å². The molecule has 747 valence electrons. The molecule has 14 aromatic carbocycles. The molecule has 17 nitrogen and oxygen atoms in total. The van der Waals surface area contributed by atoms with Crippen LogP contribution in [0.1, 0.15) is 45.0 Å². The minimum Gasteiger partial charge on any atom is -0.512 e. The molecule has 0 aliphatic heterocycles. The summed E-state index contributed by atoms with van der Waals surface area (Å²) in [5, 5.41) is 39.3. The summed E-state index contributed by atoms with van der Waals surface area (Å²) in [6, 6.07) is 152. The summed E-state index contributed by atoms with van der Waals surface area (Å²) < 4.78 is 5.61. The van der Waals surface area contributed by atoms with Crippen molar-refractivity contribution >= 4 is 127 Å². The molecule has 0 saturated heterocycles. The molecule has 10 heterocycles. The van der Waals surface area contributed by atoms with Crippen LogP contribution in [-0.4, -0.2) is 82.5 Å². The van der Waals surface area contributed by atoms with Gasteiger partial charge in [0.2, 0.25) is 0 Å². The van der Waals surface area contributed by atoms with Crippen molar-refractivity contribution in [3.8, 4) is 78.3 Å². The van der Waals surface area contributed by atoms with Crippen molar-refractivity contribution in [3.05, 3.63) is 520 Å². The van der Waals surface area contributed by atoms with E-state index in [0.29, 0.717) is 11.5 Å². The van der Waals surface area contributed by atoms with Crippen LogP contribution in [0.2, 0.25) is 0 Å². The molecule has 0 saturated carbocycles. The smallest absolute Gasteiger partial charge is 0.189 e. The normalized spacial score (nSPS) is 10.5. The van der Waals surface area contributed by atoms with E-state index in [2.05, 4.69) is 217 Å². The molecule has 0 spiro atoms. The van der Waals surface area contributed by atoms with E-state index in [1.807, 2.05) is 236 Å². The van der Waals surface area contributed by atoms with Crippen LogP contribution in [0.4, 0.5) is 0 Å². The van der Waals surface area contributed by atoms with Crippen LogP contribution in [0.5, 0.6) is 0 Å². The molecule has 24 rings (SSSR count). The Morgan fingerprint density at radius 2 is 0.745 bits per heavy atom. The number of ketones is 3. The van der Waals surface area contributed by atoms with Gasteiger partial charge in [-0.3, -0.25) is 44.3 Å². The van der Waals surface area contributed by atoms with Gasteiger partial charge < -0.3 is 39.7 Å². The fraction of sp³-hybridized carbons (Fsp3) is 0.0397. The number of carbonyl (C=O) groups is 3. The molecule has 24 aromatic rings. The number of para-hydroxylation sites is 7. The molecular formula is C126H93Ir5N10O7S-7. The van der Waals surface area contributed by atoms with Gasteiger partial charge in [-0.1, -0.05) is 263 Å². The van der Waals surface area contributed by atoms with Gasteiger partial charge >= 0.3 is 0 Å². The van der Waals surface area contributed by atoms with E-state index >= 15 is 0 Å². The van der Waals surface area contributed by atoms with Gasteiger partial charge in [0.05, 0.1) is 50.4 Å². The number of allylic oxidation sites excluding steroid dienone is 6. The number of aliphatic hydroxyl groups excluding tert-OH is 3. The van der Waals surface area contributed by atoms with Crippen LogP contribution < -0.4 is 0 Å². The summed E-state index contributed by atoms with van der Waals surface area (Å²) in [6.07, 6.45) is 13.8. The number of carbonyl (C=O) groups excluding carboxylic acids is 3. The number of aromatic nitrogens is 10. The summed E-state index contributed by atoms with van der Waals surface area (Å²) in [5.74, 6) is 0.358. The first-order valence-electron chi connectivity index (χ1n) is 45.9. The Kier molecular flexibility index (Phi) is 46.3. The molecule has 0 aliphatic carbocycles. The fourth-order valence-corrected chi connectivity index (χ4v) is 15.5. The molecule has 0 atom stereocenters. The van der Waals surface area contributed by atoms with Crippen LogP contribution in [0.3, 0.4) is 0 Å². The van der Waals surface area contributed by atoms with Gasteiger partial charge in [-0.2, -0.15) is 23.8 Å². The molecule has 0 amide bonds. The van der Waals surface area contributed by atoms with Crippen LogP contribution >= 0.6 is 11.3 Å². The Morgan fingerprint density at radius 1 is 0.295 bits per heavy atom. The second-order valence-corrected chi connectivity index (χ2v) is 33.0. The number of benzene rings is 14. The summed E-state index contributed by atoms with van der Waals surface area (Å²) in [5.41, 5.74) is 19.9. The summed E-state index contributed by atoms with van der Waals surface area (Å²) in [7, 11) is 0. The molecule has 10 aromatic heterocycles. The van der Waals surface area contributed by atoms with Crippen molar-refractivity contribution in [2.45, 2.75) is 34.6 Å². The van der Waals surface area contributed by atoms with E-state index in [0.717, 1.165) is 138 Å². The average Bonchev–Trinajstić information content (AvgIpc) is 0.999. The van der Waals surface area contributed by atoms with Gasteiger partial charge in [-0.25, -0.2) is 11.3 Å². The largest absolute Gasteiger partial charge is 0.512 e. The number of nitrogens with zero attached hydrogens (tertiary/aromatic N) is 10. The van der Waals surface area contributed by atoms with Crippen molar-refractivity contribution < 1.29 is 135 Å². The molecule has 0 bridgehead atoms. The van der Waals surface area contributed by atoms with Gasteiger partial charge in [-0.15, -0.1) is 161 Å². The maximum absolute atomic E-state index is 11.2. The standard InChI is InChI=1S/2C19H12N.C18H11N2.C14H9N2.C13H8NO.C13H8NS.C10H7N2.C10H10O2.2C5H8O2.5Ir/c1-3-9-16-14(6-1)8-5-10-17(16)19-13-12-15-7-2-4-11-18(15)20-19;1-2-8-14(9-3-1)19-17-12-5-4-10-15(17)16-11-6-7-13-18(16)20-19;1-2-9-16-13(5-1)10-11-17(20-16)15-8-3-6-14-7-4-12-19-18(14)15;1-2-4-13-11(3-1)5-6-14(16-13)12-7-9-15-10-8-12;1-2-6-10(7-3-1)13-14-11-8-4-5-9-12(11)15-13;1-2-5-11-10(4-1)7-8-12(14-11)13-6-3-9-15-13;1-2-4-9(5-3-1)10-8-11-6-7-12-10;1-8(11)7-10(12)9-5-3-2-4-6-9;2*1-4(6)3-5(2)7;;;;;/h1-9,11-13H;1-8,10-13H;1-7,9-12H;1-7,9-10H;1-6,8-9H;1-5,7-9H;1-4,6-8H;2-7,11H,1H3;2*3,6H,1-2H3;;;;;/q7*-1;;;;;;;;. The number of hydrogen-bond acceptors (Lipinski definition) is 18. The Bertz CT molecular complexity index is 8250. The molecule has 149 heavy (non-hydrogen) atoms. The second-order valence-electron chi connectivity index (χ2n) is 32.1. The quantitative estimate of drug-likeness (QED) is 0.0358. The number of hydrogen-bond donors (Lipinski definition) is 3. The van der Waals surface area contributed by atoms with Gasteiger partial charge in [0.15, 0.2) is 17.3 Å². The van der Waals surface area contributed by atoms with Gasteiger partial charge in [0.1, 0.15) is 11.5 Å². The third kappa shape index (κ3) is 33.7. The molecule has 0 unspecified atom stereocenters. The first kappa shape index (κ1) is 115. The number of oxazole rings is 1. The second kappa shape index (κ2) is 59.8. The van der Waals surface area contributed by atoms with E-state index in [9.17, 15) is 14.4 Å². The Hall–Kier alpha value is -15.7. The molecule has 3 N–H and O–H groups in total. The van der Waals surface area contributed by atoms with Crippen LogP contribution in [0.15, 0.2) is 477 Å². The predicted octanol–water partition coefficient (Wildman–Crippen LogP) is 30.5. The summed E-state index contributed by atoms with van der Waals surface area (Å²) >= 11 is 1.67. The first-order valence-corrected chi connectivity index (χ1v) is 46.8. The SMILES string of the molecule is CC(=O)C=C(C)O.CC(=O)C=C(C)O.CC(O)=CC(=O)c1ccccc1.[Ir].[Ir].[Ir].[Ir].[Ir].[c-]1ccc2ccccc2c1-c1ccc2ccccc2n1.[c-]1ccc2cccnc2c1-c1ccc2ccccc2n1.[c-]1ccccc1-c1cnccn1.[c-]1ccccc1-c1nc2ccccc2c2ccccc12.[c-]1ccccc1-c1nc2ccccc2o1.[c-]1ccsc1-c1ccc2ccccc2n1.[c-]1cnccc1-c1ccc2ccccc2n1. The van der Waals surface area contributed by atoms with Gasteiger partial charge in [0, 0.05) is 160 Å². The molecule has 0 fully saturated rings. The van der Waals surface area contributed by atoms with Crippen molar-refractivity contribution in [1.82, 2.24) is 49.8 Å². The zero-order valence-electron chi connectivity index (χ0n) is 80.8. The van der Waals surface area contributed by atoms with Crippen molar-refractivity contribution in [2.75, 3.05) is 0 Å². The van der Waals surface area contributed by atoms with E-state index in [4.69, 9.17) is 34.7 Å².